The van der Waals surface area contributed by atoms with Crippen molar-refractivity contribution in [3.05, 3.63) is 29.3 Å². The van der Waals surface area contributed by atoms with Crippen LogP contribution in [0.2, 0.25) is 0 Å². The Morgan fingerprint density at radius 3 is 2.71 bits per heavy atom. The Balaban J connectivity index is 2.18. The van der Waals surface area contributed by atoms with Gasteiger partial charge >= 0.3 is 0 Å². The number of carbonyl (C=O) groups excluding carboxylic acids is 1. The van der Waals surface area contributed by atoms with Crippen LogP contribution in [0.4, 0.5) is 5.69 Å². The maximum Gasteiger partial charge on any atom is 0.241 e. The number of hydrogen-bond donors (Lipinski definition) is 1. The Hall–Kier alpha value is -1.55. The summed E-state index contributed by atoms with van der Waals surface area (Å²) in [6, 6.07) is 6.21. The first kappa shape index (κ1) is 11.9. The lowest BCUT2D eigenvalue weighted by atomic mass is 10.1. The summed E-state index contributed by atoms with van der Waals surface area (Å²) in [5.74, 6) is 0.178. The number of carbonyl (C=O) groups is 1. The fourth-order valence-corrected chi connectivity index (χ4v) is 2.08. The number of amides is 1. The van der Waals surface area contributed by atoms with Crippen molar-refractivity contribution < 1.29 is 4.79 Å². The third-order valence-electron chi connectivity index (χ3n) is 3.37. The molecule has 0 unspecified atom stereocenters. The first-order chi connectivity index (χ1) is 8.11. The van der Waals surface area contributed by atoms with Gasteiger partial charge in [-0.1, -0.05) is 6.07 Å². The molecule has 4 heteroatoms. The molecule has 1 amide bonds. The van der Waals surface area contributed by atoms with Crippen LogP contribution in [0.5, 0.6) is 0 Å². The molecular formula is C13H19N3O. The number of nitrogens with zero attached hydrogens (tertiary/aromatic N) is 2. The number of nitrogens with two attached hydrogens (primary N) is 1. The van der Waals surface area contributed by atoms with E-state index in [2.05, 4.69) is 17.9 Å². The maximum atomic E-state index is 11.7. The van der Waals surface area contributed by atoms with Crippen LogP contribution in [0.1, 0.15) is 11.1 Å². The van der Waals surface area contributed by atoms with Crippen LogP contribution in [0.25, 0.3) is 0 Å². The summed E-state index contributed by atoms with van der Waals surface area (Å²) in [6.45, 7) is 4.77. The van der Waals surface area contributed by atoms with Gasteiger partial charge in [0.2, 0.25) is 5.91 Å². The van der Waals surface area contributed by atoms with E-state index in [4.69, 9.17) is 5.73 Å². The largest absolute Gasteiger partial charge is 0.360 e. The van der Waals surface area contributed by atoms with Crippen molar-refractivity contribution in [3.63, 3.8) is 0 Å². The van der Waals surface area contributed by atoms with Gasteiger partial charge in [0.1, 0.15) is 0 Å². The van der Waals surface area contributed by atoms with Crippen molar-refractivity contribution in [2.45, 2.75) is 13.5 Å². The molecule has 1 aliphatic heterocycles. The molecule has 2 N–H and O–H groups in total. The van der Waals surface area contributed by atoms with Crippen LogP contribution < -0.4 is 10.6 Å². The van der Waals surface area contributed by atoms with Crippen molar-refractivity contribution in [2.75, 3.05) is 31.6 Å². The van der Waals surface area contributed by atoms with Crippen molar-refractivity contribution >= 4 is 11.6 Å². The molecule has 0 aromatic heterocycles. The standard InChI is InChI=1S/C13H19N3O/c1-10-7-12(4-3-11(10)8-14)16-6-5-15(2)13(17)9-16/h3-4,7H,5-6,8-9,14H2,1-2H3. The van der Waals surface area contributed by atoms with Gasteiger partial charge in [0, 0.05) is 32.4 Å². The number of piperazine rings is 1. The highest BCUT2D eigenvalue weighted by molar-refractivity contribution is 5.82. The quantitative estimate of drug-likeness (QED) is 0.819. The number of hydrogen-bond acceptors (Lipinski definition) is 3. The molecule has 2 rings (SSSR count). The van der Waals surface area contributed by atoms with E-state index in [9.17, 15) is 4.79 Å². The molecule has 92 valence electrons. The molecule has 1 aliphatic rings. The number of aryl methyl sites for hydroxylation is 1. The molecule has 1 aromatic carbocycles. The molecule has 1 aromatic rings. The van der Waals surface area contributed by atoms with Crippen LogP contribution in [0.3, 0.4) is 0 Å². The Bertz CT molecular complexity index is 431. The molecule has 0 atom stereocenters. The van der Waals surface area contributed by atoms with E-state index in [1.807, 2.05) is 19.2 Å². The molecule has 1 heterocycles. The van der Waals surface area contributed by atoms with Gasteiger partial charge < -0.3 is 15.5 Å². The zero-order valence-electron chi connectivity index (χ0n) is 10.4. The summed E-state index contributed by atoms with van der Waals surface area (Å²) in [6.07, 6.45) is 0. The molecule has 4 nitrogen and oxygen atoms in total. The van der Waals surface area contributed by atoms with Gasteiger partial charge in [-0.2, -0.15) is 0 Å². The molecule has 0 spiro atoms. The fourth-order valence-electron chi connectivity index (χ4n) is 2.08. The minimum absolute atomic E-state index is 0.178. The summed E-state index contributed by atoms with van der Waals surface area (Å²) in [5, 5.41) is 0. The molecule has 0 bridgehead atoms. The monoisotopic (exact) mass is 233 g/mol. The van der Waals surface area contributed by atoms with Crippen LogP contribution in [0.15, 0.2) is 18.2 Å². The normalized spacial score (nSPS) is 16.5. The van der Waals surface area contributed by atoms with Crippen LogP contribution in [-0.2, 0) is 11.3 Å². The van der Waals surface area contributed by atoms with Crippen LogP contribution in [-0.4, -0.2) is 37.5 Å². The zero-order valence-corrected chi connectivity index (χ0v) is 10.4. The van der Waals surface area contributed by atoms with E-state index >= 15 is 0 Å². The molecule has 0 saturated carbocycles. The van der Waals surface area contributed by atoms with Crippen molar-refractivity contribution in [1.82, 2.24) is 4.90 Å². The van der Waals surface area contributed by atoms with Crippen molar-refractivity contribution in [1.29, 1.82) is 0 Å². The Morgan fingerprint density at radius 1 is 1.35 bits per heavy atom. The van der Waals surface area contributed by atoms with Gasteiger partial charge in [-0.15, -0.1) is 0 Å². The van der Waals surface area contributed by atoms with Crippen molar-refractivity contribution in [3.8, 4) is 0 Å². The lowest BCUT2D eigenvalue weighted by Gasteiger charge is -2.33. The van der Waals surface area contributed by atoms with Gasteiger partial charge in [-0.3, -0.25) is 4.79 Å². The Morgan fingerprint density at radius 2 is 2.12 bits per heavy atom. The predicted octanol–water partition coefficient (Wildman–Crippen LogP) is 0.732. The number of anilines is 1. The van der Waals surface area contributed by atoms with E-state index in [1.165, 1.54) is 5.56 Å². The number of benzene rings is 1. The van der Waals surface area contributed by atoms with Gasteiger partial charge in [0.05, 0.1) is 6.54 Å². The van der Waals surface area contributed by atoms with E-state index in [0.29, 0.717) is 13.1 Å². The van der Waals surface area contributed by atoms with Gasteiger partial charge in [0.15, 0.2) is 0 Å². The van der Waals surface area contributed by atoms with Gasteiger partial charge in [0.25, 0.3) is 0 Å². The molecule has 1 saturated heterocycles. The molecular weight excluding hydrogens is 214 g/mol. The summed E-state index contributed by atoms with van der Waals surface area (Å²) in [5.41, 5.74) is 9.11. The fraction of sp³-hybridized carbons (Fsp3) is 0.462. The third-order valence-corrected chi connectivity index (χ3v) is 3.37. The summed E-state index contributed by atoms with van der Waals surface area (Å²) < 4.78 is 0. The average Bonchev–Trinajstić information content (AvgIpc) is 2.32. The van der Waals surface area contributed by atoms with E-state index < -0.39 is 0 Å². The first-order valence-corrected chi connectivity index (χ1v) is 5.90. The highest BCUT2D eigenvalue weighted by Gasteiger charge is 2.21. The Labute approximate surface area is 102 Å². The van der Waals surface area contributed by atoms with Crippen molar-refractivity contribution in [2.24, 2.45) is 5.73 Å². The average molecular weight is 233 g/mol. The molecule has 17 heavy (non-hydrogen) atoms. The summed E-state index contributed by atoms with van der Waals surface area (Å²) >= 11 is 0. The zero-order chi connectivity index (χ0) is 12.4. The minimum atomic E-state index is 0.178. The maximum absolute atomic E-state index is 11.7. The topological polar surface area (TPSA) is 49.6 Å². The van der Waals surface area contributed by atoms with Gasteiger partial charge in [-0.05, 0) is 30.2 Å². The number of rotatable bonds is 2. The van der Waals surface area contributed by atoms with E-state index in [1.54, 1.807) is 4.90 Å². The predicted molar refractivity (Wildman–Crippen MR) is 68.9 cm³/mol. The smallest absolute Gasteiger partial charge is 0.241 e. The highest BCUT2D eigenvalue weighted by atomic mass is 16.2. The van der Waals surface area contributed by atoms with E-state index in [-0.39, 0.29) is 5.91 Å². The summed E-state index contributed by atoms with van der Waals surface area (Å²) in [7, 11) is 1.85. The van der Waals surface area contributed by atoms with Crippen LogP contribution >= 0.6 is 0 Å². The second-order valence-electron chi connectivity index (χ2n) is 4.55. The lowest BCUT2D eigenvalue weighted by Crippen LogP contribution is -2.48. The van der Waals surface area contributed by atoms with E-state index in [0.717, 1.165) is 24.3 Å². The summed E-state index contributed by atoms with van der Waals surface area (Å²) in [4.78, 5) is 15.5. The lowest BCUT2D eigenvalue weighted by molar-refractivity contribution is -0.129. The second kappa shape index (κ2) is 4.75. The molecule has 0 aliphatic carbocycles. The Kier molecular flexibility index (Phi) is 3.33. The second-order valence-corrected chi connectivity index (χ2v) is 4.55. The third kappa shape index (κ3) is 2.42. The van der Waals surface area contributed by atoms with Gasteiger partial charge in [-0.25, -0.2) is 0 Å². The molecule has 0 radical (unpaired) electrons. The highest BCUT2D eigenvalue weighted by Crippen LogP contribution is 2.20. The first-order valence-electron chi connectivity index (χ1n) is 5.90. The SMILES string of the molecule is Cc1cc(N2CCN(C)C(=O)C2)ccc1CN. The number of likely N-dealkylation sites (N-methyl/N-ethyl adjacent to an activating group) is 1. The minimum Gasteiger partial charge on any atom is -0.360 e. The van der Waals surface area contributed by atoms with Crippen LogP contribution in [0, 0.1) is 6.92 Å². The molecule has 1 fully saturated rings.